The molecule has 0 radical (unpaired) electrons. The van der Waals surface area contributed by atoms with Crippen molar-refractivity contribution in [2.24, 2.45) is 10.9 Å². The van der Waals surface area contributed by atoms with Crippen LogP contribution in [0.4, 0.5) is 27.8 Å². The number of dihydropyridines is 1. The highest BCUT2D eigenvalue weighted by Crippen LogP contribution is 2.50. The Balaban J connectivity index is 1.65. The first-order valence-electron chi connectivity index (χ1n) is 14.7. The highest BCUT2D eigenvalue weighted by Gasteiger charge is 2.40. The average molecular weight is 678 g/mol. The van der Waals surface area contributed by atoms with Crippen molar-refractivity contribution >= 4 is 52.2 Å². The first-order chi connectivity index (χ1) is 21.8. The van der Waals surface area contributed by atoms with Gasteiger partial charge < -0.3 is 9.80 Å². The Morgan fingerprint density at radius 1 is 1.11 bits per heavy atom. The molecule has 7 nitrogen and oxygen atoms in total. The molecule has 0 saturated carbocycles. The van der Waals surface area contributed by atoms with Gasteiger partial charge in [0.2, 0.25) is 5.91 Å². The highest BCUT2D eigenvalue weighted by molar-refractivity contribution is 7.99. The van der Waals surface area contributed by atoms with Crippen LogP contribution in [0.15, 0.2) is 57.2 Å². The van der Waals surface area contributed by atoms with Crippen molar-refractivity contribution in [2.45, 2.75) is 50.0 Å². The van der Waals surface area contributed by atoms with Gasteiger partial charge in [0.25, 0.3) is 0 Å². The van der Waals surface area contributed by atoms with Crippen LogP contribution in [-0.4, -0.2) is 64.0 Å². The number of rotatable bonds is 4. The monoisotopic (exact) mass is 677 g/mol. The van der Waals surface area contributed by atoms with Gasteiger partial charge in [0.15, 0.2) is 0 Å². The predicted octanol–water partition coefficient (Wildman–Crippen LogP) is 6.75. The zero-order valence-electron chi connectivity index (χ0n) is 24.9. The van der Waals surface area contributed by atoms with Crippen LogP contribution in [0.25, 0.3) is 22.0 Å². The summed E-state index contributed by atoms with van der Waals surface area (Å²) in [6.45, 7) is 8.25. The summed E-state index contributed by atoms with van der Waals surface area (Å²) in [7, 11) is 0. The van der Waals surface area contributed by atoms with Crippen molar-refractivity contribution in [1.29, 1.82) is 0 Å². The number of allylic oxidation sites excluding steroid dienone is 1. The normalized spacial score (nSPS) is 21.7. The number of benzene rings is 2. The van der Waals surface area contributed by atoms with Gasteiger partial charge in [-0.3, -0.25) is 14.4 Å². The number of piperazine rings is 1. The fourth-order valence-corrected chi connectivity index (χ4v) is 8.19. The van der Waals surface area contributed by atoms with E-state index in [4.69, 9.17) is 11.6 Å². The van der Waals surface area contributed by atoms with Crippen molar-refractivity contribution in [3.8, 4) is 11.1 Å². The van der Waals surface area contributed by atoms with Crippen LogP contribution in [0.5, 0.6) is 0 Å². The molecule has 3 aliphatic rings. The van der Waals surface area contributed by atoms with Gasteiger partial charge in [-0.25, -0.2) is 13.6 Å². The molecule has 0 aliphatic carbocycles. The molecule has 1 fully saturated rings. The molecule has 1 aromatic heterocycles. The highest BCUT2D eigenvalue weighted by atomic mass is 35.5. The summed E-state index contributed by atoms with van der Waals surface area (Å²) in [6.07, 6.45) is 0.611. The zero-order chi connectivity index (χ0) is 33.1. The van der Waals surface area contributed by atoms with Gasteiger partial charge in [-0.1, -0.05) is 24.3 Å². The van der Waals surface area contributed by atoms with E-state index in [1.807, 2.05) is 6.08 Å². The van der Waals surface area contributed by atoms with E-state index in [2.05, 4.69) is 16.6 Å². The molecular weight excluding hydrogens is 649 g/mol. The summed E-state index contributed by atoms with van der Waals surface area (Å²) in [4.78, 5) is 38.5. The number of alkyl halides is 3. The second kappa shape index (κ2) is 12.1. The van der Waals surface area contributed by atoms with Crippen LogP contribution >= 0.6 is 23.4 Å². The van der Waals surface area contributed by atoms with E-state index in [0.717, 1.165) is 29.5 Å². The van der Waals surface area contributed by atoms with Crippen molar-refractivity contribution in [3.63, 3.8) is 0 Å². The molecular formula is C32H29ClF5N5O2S. The Labute approximate surface area is 270 Å². The quantitative estimate of drug-likeness (QED) is 0.174. The molecule has 0 spiro atoms. The van der Waals surface area contributed by atoms with Crippen LogP contribution < -0.4 is 10.6 Å². The fourth-order valence-electron chi connectivity index (χ4n) is 6.64. The second-order valence-corrected chi connectivity index (χ2v) is 13.1. The molecule has 3 aromatic rings. The van der Waals surface area contributed by atoms with E-state index in [1.54, 1.807) is 29.9 Å². The third-order valence-corrected chi connectivity index (χ3v) is 10.2. The minimum Gasteiger partial charge on any atom is -0.352 e. The van der Waals surface area contributed by atoms with Gasteiger partial charge in [0, 0.05) is 83.6 Å². The number of aromatic nitrogens is 2. The first-order valence-corrected chi connectivity index (χ1v) is 16.0. The van der Waals surface area contributed by atoms with E-state index >= 15 is 17.6 Å². The number of anilines is 1. The molecule has 0 bridgehead atoms. The number of hydrogen-bond acceptors (Lipinski definition) is 6. The van der Waals surface area contributed by atoms with E-state index in [-0.39, 0.29) is 70.9 Å². The van der Waals surface area contributed by atoms with E-state index in [9.17, 15) is 14.0 Å². The molecule has 14 heteroatoms. The number of nitrogens with zero attached hydrogens (tertiary/aromatic N) is 5. The minimum atomic E-state index is -4.98. The molecule has 3 unspecified atom stereocenters. The summed E-state index contributed by atoms with van der Waals surface area (Å²) in [6, 6.07) is 1.44. The number of amides is 1. The molecule has 3 aliphatic heterocycles. The van der Waals surface area contributed by atoms with Gasteiger partial charge in [0.05, 0.1) is 16.1 Å². The number of halogens is 6. The number of carbonyl (C=O) groups is 1. The van der Waals surface area contributed by atoms with Crippen LogP contribution in [0.3, 0.4) is 0 Å². The van der Waals surface area contributed by atoms with E-state index in [0.29, 0.717) is 19.0 Å². The van der Waals surface area contributed by atoms with Crippen molar-refractivity contribution in [1.82, 2.24) is 14.5 Å². The molecule has 242 valence electrons. The summed E-state index contributed by atoms with van der Waals surface area (Å²) < 4.78 is 76.0. The lowest BCUT2D eigenvalue weighted by Crippen LogP contribution is -2.58. The van der Waals surface area contributed by atoms with Gasteiger partial charge in [-0.2, -0.15) is 18.2 Å². The topological polar surface area (TPSA) is 70.8 Å². The summed E-state index contributed by atoms with van der Waals surface area (Å²) >= 11 is 7.06. The number of hydrogen-bond donors (Lipinski definition) is 0. The molecule has 46 heavy (non-hydrogen) atoms. The van der Waals surface area contributed by atoms with Crippen molar-refractivity contribution < 1.29 is 26.7 Å². The Kier molecular flexibility index (Phi) is 8.51. The average Bonchev–Trinajstić information content (AvgIpc) is 3.21. The molecule has 3 atom stereocenters. The Hall–Kier alpha value is -3.71. The summed E-state index contributed by atoms with van der Waals surface area (Å²) in [5, 5.41) is -0.485. The first kappa shape index (κ1) is 32.2. The van der Waals surface area contributed by atoms with Gasteiger partial charge in [-0.05, 0) is 44.1 Å². The zero-order valence-corrected chi connectivity index (χ0v) is 26.4. The van der Waals surface area contributed by atoms with Gasteiger partial charge in [0.1, 0.15) is 17.5 Å². The predicted molar refractivity (Wildman–Crippen MR) is 170 cm³/mol. The molecule has 1 saturated heterocycles. The third-order valence-electron chi connectivity index (χ3n) is 8.61. The van der Waals surface area contributed by atoms with Crippen molar-refractivity contribution in [2.75, 3.05) is 30.3 Å². The second-order valence-electron chi connectivity index (χ2n) is 11.7. The van der Waals surface area contributed by atoms with Crippen LogP contribution in [0.2, 0.25) is 5.02 Å². The number of thioether (sulfide) groups is 1. The Bertz CT molecular complexity index is 1880. The lowest BCUT2D eigenvalue weighted by Gasteiger charge is -2.44. The van der Waals surface area contributed by atoms with E-state index in [1.165, 1.54) is 10.6 Å². The minimum absolute atomic E-state index is 0.0181. The molecule has 4 heterocycles. The molecule has 6 rings (SSSR count). The lowest BCUT2D eigenvalue weighted by molar-refractivity contribution is -0.137. The molecule has 2 aromatic carbocycles. The van der Waals surface area contributed by atoms with Gasteiger partial charge >= 0.3 is 11.9 Å². The maximum atomic E-state index is 15.4. The smallest absolute Gasteiger partial charge is 0.352 e. The van der Waals surface area contributed by atoms with Crippen LogP contribution in [0.1, 0.15) is 25.8 Å². The number of carbonyl (C=O) groups excluding carboxylic acids is 1. The molecule has 0 N–H and O–H groups in total. The number of aliphatic imine (C=N–C) groups is 1. The van der Waals surface area contributed by atoms with Crippen LogP contribution in [-0.2, 0) is 17.5 Å². The SMILES string of the molecule is C=CC(=O)N1C(C)CN(c2nc(=O)n3c4c(c(-c5cc(Cl)c(F)cc5F)c(C(F)(F)F)cc24)SCC(C2=CCCN=C2)C3)CC1C. The summed E-state index contributed by atoms with van der Waals surface area (Å²) in [5.74, 6) is -2.64. The van der Waals surface area contributed by atoms with Crippen molar-refractivity contribution in [3.05, 3.63) is 75.2 Å². The maximum Gasteiger partial charge on any atom is 0.417 e. The summed E-state index contributed by atoms with van der Waals surface area (Å²) in [5.41, 5.74) is -1.90. The third kappa shape index (κ3) is 5.61. The Morgan fingerprint density at radius 2 is 1.83 bits per heavy atom. The van der Waals surface area contributed by atoms with E-state index < -0.39 is 45.2 Å². The lowest BCUT2D eigenvalue weighted by atomic mass is 9.95. The van der Waals surface area contributed by atoms with Crippen LogP contribution in [0, 0.1) is 17.6 Å². The van der Waals surface area contributed by atoms with Gasteiger partial charge in [-0.15, -0.1) is 11.8 Å². The standard InChI is InChI=1S/C32H29ClF5N5O2S/c1-4-26(44)43-16(2)12-41(13-17(43)3)30-21-8-22(32(36,37)38)27(20-9-23(33)25(35)10-24(20)34)29-28(21)42(31(45)40-30)14-19(15-46-29)18-6-5-7-39-11-18/h4,6,8-11,16-17,19H,1,5,7,12-15H2,2-3H3. The Morgan fingerprint density at radius 3 is 2.46 bits per heavy atom. The molecule has 1 amide bonds. The maximum absolute atomic E-state index is 15.4. The fraction of sp³-hybridized carbons (Fsp3) is 0.375. The largest absolute Gasteiger partial charge is 0.417 e.